The normalized spacial score (nSPS) is 14.9. The summed E-state index contributed by atoms with van der Waals surface area (Å²) in [6, 6.07) is 22.2. The lowest BCUT2D eigenvalue weighted by Gasteiger charge is -2.14. The summed E-state index contributed by atoms with van der Waals surface area (Å²) in [7, 11) is 0. The van der Waals surface area contributed by atoms with Gasteiger partial charge >= 0.3 is 0 Å². The van der Waals surface area contributed by atoms with Crippen molar-refractivity contribution in [3.63, 3.8) is 0 Å². The molecular weight excluding hydrogens is 528 g/mol. The minimum atomic E-state index is -0.404. The summed E-state index contributed by atoms with van der Waals surface area (Å²) in [5.74, 6) is -0.195. The average Bonchev–Trinajstić information content (AvgIpc) is 3.04. The van der Waals surface area contributed by atoms with Crippen LogP contribution in [0.3, 0.4) is 0 Å². The van der Waals surface area contributed by atoms with Gasteiger partial charge in [-0.1, -0.05) is 88.1 Å². The van der Waals surface area contributed by atoms with Crippen molar-refractivity contribution in [3.05, 3.63) is 103 Å². The van der Waals surface area contributed by atoms with Crippen molar-refractivity contribution in [1.29, 1.82) is 0 Å². The molecule has 5 nitrogen and oxygen atoms in total. The van der Waals surface area contributed by atoms with Gasteiger partial charge in [0, 0.05) is 15.4 Å². The Labute approximate surface area is 207 Å². The van der Waals surface area contributed by atoms with Crippen LogP contribution < -0.4 is 0 Å². The zero-order chi connectivity index (χ0) is 22.7. The van der Waals surface area contributed by atoms with Gasteiger partial charge in [0.15, 0.2) is 0 Å². The Hall–Kier alpha value is -2.46. The molecule has 0 bridgehead atoms. The first kappa shape index (κ1) is 22.7. The molecule has 0 saturated carbocycles. The summed E-state index contributed by atoms with van der Waals surface area (Å²) < 4.78 is 1.42. The lowest BCUT2D eigenvalue weighted by Crippen LogP contribution is -2.27. The van der Waals surface area contributed by atoms with Crippen LogP contribution in [0.25, 0.3) is 6.08 Å². The number of benzene rings is 3. The van der Waals surface area contributed by atoms with Gasteiger partial charge in [-0.15, -0.1) is 0 Å². The largest absolute Gasteiger partial charge is 0.288 e. The smallest absolute Gasteiger partial charge is 0.283 e. The highest BCUT2D eigenvalue weighted by Gasteiger charge is 2.32. The summed E-state index contributed by atoms with van der Waals surface area (Å²) in [6.45, 7) is 0.395. The van der Waals surface area contributed by atoms with Crippen LogP contribution >= 0.6 is 51.7 Å². The number of nitro benzene ring substituents is 1. The summed E-state index contributed by atoms with van der Waals surface area (Å²) >= 11 is 11.3. The van der Waals surface area contributed by atoms with E-state index in [1.807, 2.05) is 54.6 Å². The Kier molecular flexibility index (Phi) is 7.10. The number of carbonyl (C=O) groups excluding carboxylic acids is 1. The second-order valence-electron chi connectivity index (χ2n) is 6.79. The Balaban J connectivity index is 1.57. The van der Waals surface area contributed by atoms with Crippen molar-refractivity contribution >= 4 is 73.7 Å². The van der Waals surface area contributed by atoms with Gasteiger partial charge in [0.1, 0.15) is 4.32 Å². The Morgan fingerprint density at radius 1 is 1.09 bits per heavy atom. The van der Waals surface area contributed by atoms with E-state index in [9.17, 15) is 14.9 Å². The molecule has 0 aliphatic carbocycles. The summed E-state index contributed by atoms with van der Waals surface area (Å²) in [5.41, 5.74) is 1.55. The molecule has 0 radical (unpaired) electrons. The molecule has 3 aromatic rings. The molecule has 1 fully saturated rings. The lowest BCUT2D eigenvalue weighted by molar-refractivity contribution is -0.387. The maximum absolute atomic E-state index is 12.9. The monoisotopic (exact) mass is 542 g/mol. The summed E-state index contributed by atoms with van der Waals surface area (Å²) in [6.07, 6.45) is 1.66. The van der Waals surface area contributed by atoms with Crippen molar-refractivity contribution in [1.82, 2.24) is 4.90 Å². The minimum absolute atomic E-state index is 0.00793. The molecule has 1 saturated heterocycles. The van der Waals surface area contributed by atoms with Crippen LogP contribution in [0.5, 0.6) is 0 Å². The second-order valence-corrected chi connectivity index (χ2v) is 10.5. The molecule has 9 heteroatoms. The number of hydrogen-bond acceptors (Lipinski definition) is 6. The number of thiocarbonyl (C=S) groups is 1. The summed E-state index contributed by atoms with van der Waals surface area (Å²) in [4.78, 5) is 27.6. The molecule has 1 heterocycles. The van der Waals surface area contributed by atoms with E-state index in [4.69, 9.17) is 12.2 Å². The van der Waals surface area contributed by atoms with Crippen LogP contribution in [-0.2, 0) is 11.3 Å². The summed E-state index contributed by atoms with van der Waals surface area (Å²) in [5, 5.41) is 11.7. The van der Waals surface area contributed by atoms with Crippen LogP contribution in [0.1, 0.15) is 11.1 Å². The molecule has 3 aromatic carbocycles. The number of rotatable bonds is 6. The maximum atomic E-state index is 12.9. The Bertz CT molecular complexity index is 1230. The fourth-order valence-corrected chi connectivity index (χ4v) is 5.46. The molecule has 1 aliphatic heterocycles. The molecule has 4 rings (SSSR count). The molecule has 0 atom stereocenters. The standard InChI is InChI=1S/C23H15BrN2O3S3/c24-17-7-9-18(10-8-17)31-20-11-6-16(12-19(20)26(28)29)13-21-22(27)25(23(30)32-21)14-15-4-2-1-3-5-15/h1-13H,14H2. The molecule has 32 heavy (non-hydrogen) atoms. The van der Waals surface area contributed by atoms with E-state index in [2.05, 4.69) is 15.9 Å². The molecule has 0 spiro atoms. The zero-order valence-electron chi connectivity index (χ0n) is 16.4. The predicted molar refractivity (Wildman–Crippen MR) is 137 cm³/mol. The van der Waals surface area contributed by atoms with E-state index >= 15 is 0 Å². The molecule has 1 aliphatic rings. The highest BCUT2D eigenvalue weighted by molar-refractivity contribution is 9.10. The van der Waals surface area contributed by atoms with E-state index in [1.54, 1.807) is 23.1 Å². The van der Waals surface area contributed by atoms with Gasteiger partial charge < -0.3 is 0 Å². The zero-order valence-corrected chi connectivity index (χ0v) is 20.5. The van der Waals surface area contributed by atoms with Crippen molar-refractivity contribution in [2.45, 2.75) is 16.3 Å². The van der Waals surface area contributed by atoms with Crippen LogP contribution in [0, 0.1) is 10.1 Å². The minimum Gasteiger partial charge on any atom is -0.288 e. The third kappa shape index (κ3) is 5.29. The van der Waals surface area contributed by atoms with E-state index < -0.39 is 4.92 Å². The SMILES string of the molecule is O=C1C(=Cc2ccc(Sc3ccc(Br)cc3)c([N+](=O)[O-])c2)SC(=S)N1Cc1ccccc1. The van der Waals surface area contributed by atoms with Crippen LogP contribution in [0.2, 0.25) is 0 Å². The molecule has 0 aromatic heterocycles. The fraction of sp³-hybridized carbons (Fsp3) is 0.0435. The van der Waals surface area contributed by atoms with E-state index in [-0.39, 0.29) is 11.6 Å². The van der Waals surface area contributed by atoms with Crippen molar-refractivity contribution in [2.75, 3.05) is 0 Å². The second kappa shape index (κ2) is 9.99. The van der Waals surface area contributed by atoms with Gasteiger partial charge in [-0.2, -0.15) is 0 Å². The molecule has 160 valence electrons. The van der Waals surface area contributed by atoms with Crippen molar-refractivity contribution in [2.24, 2.45) is 0 Å². The molecule has 0 N–H and O–H groups in total. The first-order valence-electron chi connectivity index (χ1n) is 9.42. The topological polar surface area (TPSA) is 63.4 Å². The molecule has 0 unspecified atom stereocenters. The number of amides is 1. The van der Waals surface area contributed by atoms with Crippen LogP contribution in [-0.4, -0.2) is 20.1 Å². The first-order chi connectivity index (χ1) is 15.4. The van der Waals surface area contributed by atoms with Gasteiger partial charge in [-0.3, -0.25) is 19.8 Å². The van der Waals surface area contributed by atoms with E-state index in [0.29, 0.717) is 26.2 Å². The molecule has 1 amide bonds. The fourth-order valence-electron chi connectivity index (χ4n) is 3.04. The predicted octanol–water partition coefficient (Wildman–Crippen LogP) is 6.91. The van der Waals surface area contributed by atoms with Gasteiger partial charge in [-0.25, -0.2) is 0 Å². The first-order valence-corrected chi connectivity index (χ1v) is 12.3. The lowest BCUT2D eigenvalue weighted by atomic mass is 10.1. The number of thioether (sulfide) groups is 1. The maximum Gasteiger partial charge on any atom is 0.283 e. The van der Waals surface area contributed by atoms with E-state index in [0.717, 1.165) is 14.9 Å². The number of halogens is 1. The van der Waals surface area contributed by atoms with Crippen LogP contribution in [0.4, 0.5) is 5.69 Å². The van der Waals surface area contributed by atoms with Crippen molar-refractivity contribution in [3.8, 4) is 0 Å². The highest BCUT2D eigenvalue weighted by atomic mass is 79.9. The third-order valence-electron chi connectivity index (χ3n) is 4.58. The molecular formula is C23H15BrN2O3S3. The van der Waals surface area contributed by atoms with Crippen molar-refractivity contribution < 1.29 is 9.72 Å². The number of nitrogens with zero attached hydrogens (tertiary/aromatic N) is 2. The Morgan fingerprint density at radius 3 is 2.50 bits per heavy atom. The number of carbonyl (C=O) groups is 1. The van der Waals surface area contributed by atoms with E-state index in [1.165, 1.54) is 29.6 Å². The van der Waals surface area contributed by atoms with Gasteiger partial charge in [0.05, 0.1) is 21.3 Å². The number of hydrogen-bond donors (Lipinski definition) is 0. The number of nitro groups is 1. The average molecular weight is 543 g/mol. The quantitative estimate of drug-likeness (QED) is 0.146. The van der Waals surface area contributed by atoms with Gasteiger partial charge in [0.25, 0.3) is 11.6 Å². The third-order valence-corrected chi connectivity index (χ3v) is 7.56. The highest BCUT2D eigenvalue weighted by Crippen LogP contribution is 2.38. The van der Waals surface area contributed by atoms with Gasteiger partial charge in [-0.05, 0) is 47.5 Å². The van der Waals surface area contributed by atoms with Crippen LogP contribution in [0.15, 0.2) is 92.0 Å². The Morgan fingerprint density at radius 2 is 1.81 bits per heavy atom. The van der Waals surface area contributed by atoms with Gasteiger partial charge in [0.2, 0.25) is 0 Å².